The minimum atomic E-state index is 0.166. The minimum absolute atomic E-state index is 0.166. The van der Waals surface area contributed by atoms with E-state index in [4.69, 9.17) is 0 Å². The fourth-order valence-electron chi connectivity index (χ4n) is 1.93. The molecule has 2 rings (SSSR count). The van der Waals surface area contributed by atoms with Gasteiger partial charge in [-0.1, -0.05) is 0 Å². The van der Waals surface area contributed by atoms with Crippen LogP contribution in [0.2, 0.25) is 0 Å². The Kier molecular flexibility index (Phi) is 3.56. The fraction of sp³-hybridized carbons (Fsp3) is 0.636. The van der Waals surface area contributed by atoms with E-state index < -0.39 is 0 Å². The zero-order chi connectivity index (χ0) is 11.4. The van der Waals surface area contributed by atoms with Crippen LogP contribution in [0.4, 0.5) is 0 Å². The third-order valence-electron chi connectivity index (χ3n) is 2.93. The maximum absolute atomic E-state index is 12.0. The molecule has 1 aromatic heterocycles. The molecule has 0 atom stereocenters. The molecule has 1 aliphatic heterocycles. The number of hydrogen-bond acceptors (Lipinski definition) is 3. The molecular formula is C11H18N4O. The van der Waals surface area contributed by atoms with Gasteiger partial charge in [-0.05, 0) is 26.1 Å². The summed E-state index contributed by atoms with van der Waals surface area (Å²) in [6.07, 6.45) is 4.58. The molecule has 1 aromatic rings. The highest BCUT2D eigenvalue weighted by Crippen LogP contribution is 2.02. The van der Waals surface area contributed by atoms with Crippen molar-refractivity contribution in [3.63, 3.8) is 0 Å². The van der Waals surface area contributed by atoms with E-state index >= 15 is 0 Å². The standard InChI is InChI=1S/C11H18N4O/c1-13-5-3-6-14(9-8-13)11(16)10-15-7-2-4-12-15/h2,4,7H,3,5-6,8-10H2,1H3. The van der Waals surface area contributed by atoms with Crippen molar-refractivity contribution in [2.75, 3.05) is 33.2 Å². The molecule has 5 nitrogen and oxygen atoms in total. The molecule has 0 spiro atoms. The monoisotopic (exact) mass is 222 g/mol. The zero-order valence-electron chi connectivity index (χ0n) is 9.67. The van der Waals surface area contributed by atoms with Crippen LogP contribution in [-0.2, 0) is 11.3 Å². The summed E-state index contributed by atoms with van der Waals surface area (Å²) in [7, 11) is 2.10. The first-order valence-corrected chi connectivity index (χ1v) is 5.69. The highest BCUT2D eigenvalue weighted by molar-refractivity contribution is 5.75. The Balaban J connectivity index is 1.89. The molecule has 0 radical (unpaired) electrons. The second-order valence-electron chi connectivity index (χ2n) is 4.24. The molecule has 5 heteroatoms. The van der Waals surface area contributed by atoms with Gasteiger partial charge < -0.3 is 9.80 Å². The number of hydrogen-bond donors (Lipinski definition) is 0. The predicted octanol–water partition coefficient (Wildman–Crippen LogP) is 0.0472. The van der Waals surface area contributed by atoms with Crippen LogP contribution in [0.3, 0.4) is 0 Å². The molecule has 1 amide bonds. The summed E-state index contributed by atoms with van der Waals surface area (Å²) in [6.45, 7) is 4.09. The molecule has 0 N–H and O–H groups in total. The summed E-state index contributed by atoms with van der Waals surface area (Å²) in [5, 5.41) is 4.05. The van der Waals surface area contributed by atoms with Gasteiger partial charge in [0.25, 0.3) is 0 Å². The first-order chi connectivity index (χ1) is 7.75. The smallest absolute Gasteiger partial charge is 0.244 e. The third kappa shape index (κ3) is 2.82. The number of likely N-dealkylation sites (N-methyl/N-ethyl adjacent to an activating group) is 1. The van der Waals surface area contributed by atoms with Gasteiger partial charge in [-0.25, -0.2) is 0 Å². The molecule has 16 heavy (non-hydrogen) atoms. The summed E-state index contributed by atoms with van der Waals surface area (Å²) < 4.78 is 1.68. The van der Waals surface area contributed by atoms with Crippen molar-refractivity contribution in [3.8, 4) is 0 Å². The number of carbonyl (C=O) groups excluding carboxylic acids is 1. The van der Waals surface area contributed by atoms with Crippen molar-refractivity contribution < 1.29 is 4.79 Å². The van der Waals surface area contributed by atoms with Crippen molar-refractivity contribution in [3.05, 3.63) is 18.5 Å². The van der Waals surface area contributed by atoms with Gasteiger partial charge in [0.05, 0.1) is 0 Å². The Bertz CT molecular complexity index is 336. The van der Waals surface area contributed by atoms with Crippen molar-refractivity contribution in [2.45, 2.75) is 13.0 Å². The topological polar surface area (TPSA) is 41.4 Å². The first kappa shape index (κ1) is 11.1. The molecule has 0 bridgehead atoms. The Morgan fingerprint density at radius 2 is 2.19 bits per heavy atom. The Morgan fingerprint density at radius 1 is 1.31 bits per heavy atom. The van der Waals surface area contributed by atoms with Crippen molar-refractivity contribution in [1.82, 2.24) is 19.6 Å². The Hall–Kier alpha value is -1.36. The first-order valence-electron chi connectivity index (χ1n) is 5.69. The highest BCUT2D eigenvalue weighted by Gasteiger charge is 2.17. The average molecular weight is 222 g/mol. The van der Waals surface area contributed by atoms with E-state index in [1.54, 1.807) is 10.9 Å². The Morgan fingerprint density at radius 3 is 2.94 bits per heavy atom. The van der Waals surface area contributed by atoms with Gasteiger partial charge in [0.2, 0.25) is 5.91 Å². The van der Waals surface area contributed by atoms with Gasteiger partial charge >= 0.3 is 0 Å². The van der Waals surface area contributed by atoms with Crippen LogP contribution in [0.25, 0.3) is 0 Å². The van der Waals surface area contributed by atoms with Gasteiger partial charge in [-0.15, -0.1) is 0 Å². The molecule has 1 saturated heterocycles. The van der Waals surface area contributed by atoms with Crippen LogP contribution in [0, 0.1) is 0 Å². The molecule has 0 aliphatic carbocycles. The largest absolute Gasteiger partial charge is 0.340 e. The maximum atomic E-state index is 12.0. The lowest BCUT2D eigenvalue weighted by Gasteiger charge is -2.20. The van der Waals surface area contributed by atoms with Crippen LogP contribution in [0.15, 0.2) is 18.5 Å². The van der Waals surface area contributed by atoms with Gasteiger partial charge in [0.1, 0.15) is 6.54 Å². The molecule has 0 aromatic carbocycles. The molecular weight excluding hydrogens is 204 g/mol. The number of aromatic nitrogens is 2. The lowest BCUT2D eigenvalue weighted by Crippen LogP contribution is -2.36. The van der Waals surface area contributed by atoms with Crippen molar-refractivity contribution >= 4 is 5.91 Å². The van der Waals surface area contributed by atoms with Crippen molar-refractivity contribution in [2.24, 2.45) is 0 Å². The summed E-state index contributed by atoms with van der Waals surface area (Å²) in [5.41, 5.74) is 0. The molecule has 88 valence electrons. The molecule has 2 heterocycles. The van der Waals surface area contributed by atoms with Gasteiger partial charge in [0.15, 0.2) is 0 Å². The maximum Gasteiger partial charge on any atom is 0.244 e. The number of amides is 1. The lowest BCUT2D eigenvalue weighted by molar-refractivity contribution is -0.131. The molecule has 1 fully saturated rings. The van der Waals surface area contributed by atoms with Crippen LogP contribution >= 0.6 is 0 Å². The van der Waals surface area contributed by atoms with E-state index in [-0.39, 0.29) is 5.91 Å². The third-order valence-corrected chi connectivity index (χ3v) is 2.93. The lowest BCUT2D eigenvalue weighted by atomic mass is 10.4. The predicted molar refractivity (Wildman–Crippen MR) is 60.9 cm³/mol. The van der Waals surface area contributed by atoms with Crippen LogP contribution < -0.4 is 0 Å². The second kappa shape index (κ2) is 5.12. The molecule has 1 aliphatic rings. The molecule has 0 saturated carbocycles. The summed E-state index contributed by atoms with van der Waals surface area (Å²) in [4.78, 5) is 16.2. The van der Waals surface area contributed by atoms with E-state index in [9.17, 15) is 4.79 Å². The highest BCUT2D eigenvalue weighted by atomic mass is 16.2. The summed E-state index contributed by atoms with van der Waals surface area (Å²) >= 11 is 0. The van der Waals surface area contributed by atoms with E-state index in [1.165, 1.54) is 0 Å². The quantitative estimate of drug-likeness (QED) is 0.710. The summed E-state index contributed by atoms with van der Waals surface area (Å²) in [5.74, 6) is 0.166. The molecule has 0 unspecified atom stereocenters. The zero-order valence-corrected chi connectivity index (χ0v) is 9.67. The van der Waals surface area contributed by atoms with Crippen LogP contribution in [0.5, 0.6) is 0 Å². The van der Waals surface area contributed by atoms with Crippen LogP contribution in [-0.4, -0.2) is 58.7 Å². The average Bonchev–Trinajstić information content (AvgIpc) is 2.66. The van der Waals surface area contributed by atoms with E-state index in [0.717, 1.165) is 32.6 Å². The van der Waals surface area contributed by atoms with Crippen LogP contribution in [0.1, 0.15) is 6.42 Å². The minimum Gasteiger partial charge on any atom is -0.340 e. The van der Waals surface area contributed by atoms with Gasteiger partial charge in [-0.2, -0.15) is 5.10 Å². The van der Waals surface area contributed by atoms with Gasteiger partial charge in [-0.3, -0.25) is 9.48 Å². The van der Waals surface area contributed by atoms with Gasteiger partial charge in [0, 0.05) is 32.0 Å². The van der Waals surface area contributed by atoms with Crippen molar-refractivity contribution in [1.29, 1.82) is 0 Å². The number of carbonyl (C=O) groups is 1. The fourth-order valence-corrected chi connectivity index (χ4v) is 1.93. The normalized spacial score (nSPS) is 18.4. The number of rotatable bonds is 2. The van der Waals surface area contributed by atoms with E-state index in [2.05, 4.69) is 17.0 Å². The van der Waals surface area contributed by atoms with E-state index in [1.807, 2.05) is 17.2 Å². The summed E-state index contributed by atoms with van der Waals surface area (Å²) in [6, 6.07) is 1.84. The van der Waals surface area contributed by atoms with E-state index in [0.29, 0.717) is 6.54 Å². The second-order valence-corrected chi connectivity index (χ2v) is 4.24. The SMILES string of the molecule is CN1CCCN(C(=O)Cn2cccn2)CC1. The Labute approximate surface area is 95.6 Å². The number of nitrogens with zero attached hydrogens (tertiary/aromatic N) is 4.